The molecule has 1 rings (SSSR count). The van der Waals surface area contributed by atoms with E-state index < -0.39 is 0 Å². The topological polar surface area (TPSA) is 47.9 Å². The van der Waals surface area contributed by atoms with Gasteiger partial charge in [-0.1, -0.05) is 13.8 Å². The Morgan fingerprint density at radius 1 is 1.00 bits per heavy atom. The predicted molar refractivity (Wildman–Crippen MR) is 75.2 cm³/mol. The standard InChI is InChI=1S/C15H24O4/c1-10(2)12(9-16)6-11-7-13(17-3)15(19-5)14(8-11)18-4/h7-8,10,12,16H,6,9H2,1-5H3. The van der Waals surface area contributed by atoms with Crippen molar-refractivity contribution in [1.82, 2.24) is 0 Å². The first kappa shape index (κ1) is 15.6. The fraction of sp³-hybridized carbons (Fsp3) is 0.600. The molecule has 0 aliphatic carbocycles. The third-order valence-electron chi connectivity index (χ3n) is 3.40. The molecule has 0 aromatic heterocycles. The molecule has 0 fully saturated rings. The van der Waals surface area contributed by atoms with Gasteiger partial charge in [-0.05, 0) is 36.0 Å². The summed E-state index contributed by atoms with van der Waals surface area (Å²) in [6.45, 7) is 4.39. The molecule has 1 aromatic rings. The van der Waals surface area contributed by atoms with Gasteiger partial charge in [-0.25, -0.2) is 0 Å². The van der Waals surface area contributed by atoms with Crippen molar-refractivity contribution in [2.24, 2.45) is 11.8 Å². The quantitative estimate of drug-likeness (QED) is 0.825. The third-order valence-corrected chi connectivity index (χ3v) is 3.40. The van der Waals surface area contributed by atoms with E-state index in [1.165, 1.54) is 0 Å². The number of methoxy groups -OCH3 is 3. The molecule has 4 nitrogen and oxygen atoms in total. The summed E-state index contributed by atoms with van der Waals surface area (Å²) in [4.78, 5) is 0. The lowest BCUT2D eigenvalue weighted by molar-refractivity contribution is 0.189. The van der Waals surface area contributed by atoms with Crippen molar-refractivity contribution in [1.29, 1.82) is 0 Å². The van der Waals surface area contributed by atoms with Gasteiger partial charge in [-0.15, -0.1) is 0 Å². The number of hydrogen-bond acceptors (Lipinski definition) is 4. The monoisotopic (exact) mass is 268 g/mol. The highest BCUT2D eigenvalue weighted by Crippen LogP contribution is 2.39. The van der Waals surface area contributed by atoms with Crippen LogP contribution >= 0.6 is 0 Å². The zero-order valence-corrected chi connectivity index (χ0v) is 12.4. The van der Waals surface area contributed by atoms with Crippen LogP contribution < -0.4 is 14.2 Å². The molecule has 4 heteroatoms. The highest BCUT2D eigenvalue weighted by Gasteiger charge is 2.17. The molecule has 0 heterocycles. The Morgan fingerprint density at radius 2 is 1.53 bits per heavy atom. The van der Waals surface area contributed by atoms with E-state index in [4.69, 9.17) is 14.2 Å². The minimum absolute atomic E-state index is 0.175. The molecule has 1 N–H and O–H groups in total. The minimum Gasteiger partial charge on any atom is -0.493 e. The fourth-order valence-electron chi connectivity index (χ4n) is 2.07. The average Bonchev–Trinajstić information content (AvgIpc) is 2.42. The van der Waals surface area contributed by atoms with E-state index in [1.807, 2.05) is 12.1 Å². The molecule has 1 atom stereocenters. The molecule has 1 unspecified atom stereocenters. The molecule has 108 valence electrons. The summed E-state index contributed by atoms with van der Waals surface area (Å²) in [5.41, 5.74) is 1.07. The summed E-state index contributed by atoms with van der Waals surface area (Å²) < 4.78 is 15.9. The summed E-state index contributed by atoms with van der Waals surface area (Å²) in [5, 5.41) is 9.42. The molecule has 0 aliphatic rings. The smallest absolute Gasteiger partial charge is 0.203 e. The predicted octanol–water partition coefficient (Wildman–Crippen LogP) is 2.52. The van der Waals surface area contributed by atoms with Gasteiger partial charge in [0.25, 0.3) is 0 Å². The van der Waals surface area contributed by atoms with Gasteiger partial charge in [-0.2, -0.15) is 0 Å². The van der Waals surface area contributed by atoms with Crippen LogP contribution in [-0.2, 0) is 6.42 Å². The van der Waals surface area contributed by atoms with Gasteiger partial charge in [0.1, 0.15) is 0 Å². The van der Waals surface area contributed by atoms with Gasteiger partial charge in [0.2, 0.25) is 5.75 Å². The first-order valence-corrected chi connectivity index (χ1v) is 6.47. The largest absolute Gasteiger partial charge is 0.493 e. The maximum Gasteiger partial charge on any atom is 0.203 e. The number of rotatable bonds is 7. The maximum absolute atomic E-state index is 9.42. The second kappa shape index (κ2) is 7.24. The van der Waals surface area contributed by atoms with E-state index in [1.54, 1.807) is 21.3 Å². The highest BCUT2D eigenvalue weighted by molar-refractivity contribution is 5.53. The lowest BCUT2D eigenvalue weighted by Gasteiger charge is -2.20. The number of aliphatic hydroxyl groups is 1. The number of aliphatic hydroxyl groups excluding tert-OH is 1. The molecule has 0 saturated heterocycles. The Morgan fingerprint density at radius 3 is 1.84 bits per heavy atom. The van der Waals surface area contributed by atoms with Gasteiger partial charge in [0, 0.05) is 6.61 Å². The van der Waals surface area contributed by atoms with Crippen molar-refractivity contribution in [2.45, 2.75) is 20.3 Å². The summed E-state index contributed by atoms with van der Waals surface area (Å²) in [5.74, 6) is 2.54. The van der Waals surface area contributed by atoms with E-state index in [2.05, 4.69) is 13.8 Å². The molecule has 0 spiro atoms. The van der Waals surface area contributed by atoms with Gasteiger partial charge in [0.05, 0.1) is 21.3 Å². The normalized spacial score (nSPS) is 12.4. The zero-order chi connectivity index (χ0) is 14.4. The Kier molecular flexibility index (Phi) is 5.96. The Balaban J connectivity index is 3.08. The van der Waals surface area contributed by atoms with Crippen molar-refractivity contribution in [2.75, 3.05) is 27.9 Å². The molecule has 0 radical (unpaired) electrons. The maximum atomic E-state index is 9.42. The summed E-state index contributed by atoms with van der Waals surface area (Å²) in [6.07, 6.45) is 0.783. The number of hydrogen-bond donors (Lipinski definition) is 1. The van der Waals surface area contributed by atoms with Crippen molar-refractivity contribution in [3.8, 4) is 17.2 Å². The lowest BCUT2D eigenvalue weighted by Crippen LogP contribution is -2.16. The number of ether oxygens (including phenoxy) is 3. The van der Waals surface area contributed by atoms with E-state index in [-0.39, 0.29) is 12.5 Å². The number of benzene rings is 1. The Labute approximate surface area is 115 Å². The minimum atomic E-state index is 0.175. The molecular weight excluding hydrogens is 244 g/mol. The third kappa shape index (κ3) is 3.77. The first-order valence-electron chi connectivity index (χ1n) is 6.47. The average molecular weight is 268 g/mol. The second-order valence-corrected chi connectivity index (χ2v) is 4.92. The lowest BCUT2D eigenvalue weighted by atomic mass is 9.90. The summed E-state index contributed by atoms with van der Waals surface area (Å²) in [6, 6.07) is 3.87. The van der Waals surface area contributed by atoms with E-state index in [0.717, 1.165) is 12.0 Å². The molecule has 0 bridgehead atoms. The molecular formula is C15H24O4. The van der Waals surface area contributed by atoms with E-state index in [0.29, 0.717) is 23.2 Å². The van der Waals surface area contributed by atoms with Crippen LogP contribution in [0.3, 0.4) is 0 Å². The highest BCUT2D eigenvalue weighted by atomic mass is 16.5. The van der Waals surface area contributed by atoms with Crippen molar-refractivity contribution in [3.05, 3.63) is 17.7 Å². The summed E-state index contributed by atoms with van der Waals surface area (Å²) in [7, 11) is 4.80. The zero-order valence-electron chi connectivity index (χ0n) is 12.4. The van der Waals surface area contributed by atoms with Gasteiger partial charge < -0.3 is 19.3 Å². The Hall–Kier alpha value is -1.42. The van der Waals surface area contributed by atoms with Crippen LogP contribution in [0.1, 0.15) is 19.4 Å². The van der Waals surface area contributed by atoms with E-state index in [9.17, 15) is 5.11 Å². The van der Waals surface area contributed by atoms with Crippen LogP contribution in [0.5, 0.6) is 17.2 Å². The SMILES string of the molecule is COc1cc(CC(CO)C(C)C)cc(OC)c1OC. The second-order valence-electron chi connectivity index (χ2n) is 4.92. The van der Waals surface area contributed by atoms with Crippen LogP contribution in [0.15, 0.2) is 12.1 Å². The van der Waals surface area contributed by atoms with E-state index >= 15 is 0 Å². The van der Waals surface area contributed by atoms with Crippen LogP contribution in [0.25, 0.3) is 0 Å². The molecule has 0 aliphatic heterocycles. The first-order chi connectivity index (χ1) is 9.07. The molecule has 0 amide bonds. The van der Waals surface area contributed by atoms with Gasteiger partial charge in [0.15, 0.2) is 11.5 Å². The molecule has 1 aromatic carbocycles. The fourth-order valence-corrected chi connectivity index (χ4v) is 2.07. The molecule has 19 heavy (non-hydrogen) atoms. The van der Waals surface area contributed by atoms with Crippen molar-refractivity contribution >= 4 is 0 Å². The van der Waals surface area contributed by atoms with Crippen LogP contribution in [0.2, 0.25) is 0 Å². The van der Waals surface area contributed by atoms with Crippen LogP contribution in [0, 0.1) is 11.8 Å². The van der Waals surface area contributed by atoms with Crippen molar-refractivity contribution in [3.63, 3.8) is 0 Å². The van der Waals surface area contributed by atoms with Crippen LogP contribution in [0.4, 0.5) is 0 Å². The van der Waals surface area contributed by atoms with Crippen LogP contribution in [-0.4, -0.2) is 33.0 Å². The molecule has 0 saturated carbocycles. The van der Waals surface area contributed by atoms with Gasteiger partial charge >= 0.3 is 0 Å². The van der Waals surface area contributed by atoms with Gasteiger partial charge in [-0.3, -0.25) is 0 Å². The summed E-state index contributed by atoms with van der Waals surface area (Å²) >= 11 is 0. The van der Waals surface area contributed by atoms with Crippen molar-refractivity contribution < 1.29 is 19.3 Å². The Bertz CT molecular complexity index is 376.